The maximum atomic E-state index is 12.4. The van der Waals surface area contributed by atoms with Crippen LogP contribution in [0.2, 0.25) is 0 Å². The molecule has 0 spiro atoms. The van der Waals surface area contributed by atoms with Gasteiger partial charge in [-0.15, -0.1) is 0 Å². The zero-order chi connectivity index (χ0) is 20.1. The van der Waals surface area contributed by atoms with E-state index in [2.05, 4.69) is 28.7 Å². The van der Waals surface area contributed by atoms with Crippen molar-refractivity contribution < 1.29 is 14.3 Å². The number of carbonyl (C=O) groups excluding carboxylic acids is 1. The van der Waals surface area contributed by atoms with Gasteiger partial charge in [0.05, 0.1) is 32.0 Å². The normalized spacial score (nSPS) is 15.8. The van der Waals surface area contributed by atoms with Gasteiger partial charge in [0.25, 0.3) is 5.91 Å². The van der Waals surface area contributed by atoms with Crippen molar-refractivity contribution in [2.45, 2.75) is 25.6 Å². The third kappa shape index (κ3) is 4.72. The summed E-state index contributed by atoms with van der Waals surface area (Å²) in [4.78, 5) is 12.4. The minimum atomic E-state index is -0.254. The van der Waals surface area contributed by atoms with E-state index in [0.29, 0.717) is 38.5 Å². The van der Waals surface area contributed by atoms with E-state index < -0.39 is 0 Å². The highest BCUT2D eigenvalue weighted by molar-refractivity contribution is 5.92. The Hall–Kier alpha value is -2.97. The van der Waals surface area contributed by atoms with Crippen LogP contribution in [0.3, 0.4) is 0 Å². The van der Waals surface area contributed by atoms with E-state index in [0.717, 1.165) is 12.1 Å². The molecule has 1 aliphatic rings. The van der Waals surface area contributed by atoms with Gasteiger partial charge in [0.2, 0.25) is 0 Å². The molecule has 0 saturated carbocycles. The first-order valence-corrected chi connectivity index (χ1v) is 9.75. The van der Waals surface area contributed by atoms with Crippen LogP contribution in [0.25, 0.3) is 0 Å². The number of aromatic nitrogens is 4. The summed E-state index contributed by atoms with van der Waals surface area (Å²) < 4.78 is 14.5. The molecule has 3 heterocycles. The summed E-state index contributed by atoms with van der Waals surface area (Å²) in [6.45, 7) is 2.85. The minimum absolute atomic E-state index is 0.222. The Labute approximate surface area is 169 Å². The molecule has 1 aromatic carbocycles. The monoisotopic (exact) mass is 395 g/mol. The topological polar surface area (TPSA) is 83.2 Å². The first-order valence-electron chi connectivity index (χ1n) is 9.75. The van der Waals surface area contributed by atoms with E-state index in [9.17, 15) is 4.79 Å². The third-order valence-electron chi connectivity index (χ3n) is 4.90. The molecule has 1 aliphatic heterocycles. The van der Waals surface area contributed by atoms with Crippen LogP contribution in [0.5, 0.6) is 0 Å². The zero-order valence-electron chi connectivity index (χ0n) is 16.5. The Morgan fingerprint density at radius 2 is 2.10 bits per heavy atom. The van der Waals surface area contributed by atoms with Crippen LogP contribution in [0.1, 0.15) is 33.4 Å². The van der Waals surface area contributed by atoms with Crippen LogP contribution >= 0.6 is 0 Å². The van der Waals surface area contributed by atoms with Gasteiger partial charge < -0.3 is 14.8 Å². The van der Waals surface area contributed by atoms with E-state index in [-0.39, 0.29) is 12.0 Å². The summed E-state index contributed by atoms with van der Waals surface area (Å²) >= 11 is 0. The molecule has 0 unspecified atom stereocenters. The molecule has 8 heteroatoms. The molecule has 0 saturated heterocycles. The number of ether oxygens (including phenoxy) is 2. The molecule has 4 rings (SSSR count). The standard InChI is InChI=1S/C21H25N5O3/c1-28-12-10-25-9-7-18(23-25)21(27)22-13-19-20-17(8-11-29-19)15-26(24-20)14-16-5-3-2-4-6-16/h2-7,9,15,19H,8,10-14H2,1H3,(H,22,27)/t19-/m0/s1. The average molecular weight is 395 g/mol. The van der Waals surface area contributed by atoms with E-state index in [1.807, 2.05) is 22.9 Å². The fraction of sp³-hybridized carbons (Fsp3) is 0.381. The number of hydrogen-bond acceptors (Lipinski definition) is 5. The molecule has 1 atom stereocenters. The first kappa shape index (κ1) is 19.4. The van der Waals surface area contributed by atoms with Crippen LogP contribution in [-0.2, 0) is 29.0 Å². The van der Waals surface area contributed by atoms with Crippen LogP contribution in [0, 0.1) is 0 Å². The van der Waals surface area contributed by atoms with Gasteiger partial charge in [0.1, 0.15) is 11.8 Å². The summed E-state index contributed by atoms with van der Waals surface area (Å²) in [7, 11) is 1.64. The molecule has 8 nitrogen and oxygen atoms in total. The fourth-order valence-electron chi connectivity index (χ4n) is 3.41. The minimum Gasteiger partial charge on any atom is -0.383 e. The molecule has 29 heavy (non-hydrogen) atoms. The molecule has 0 fully saturated rings. The predicted octanol–water partition coefficient (Wildman–Crippen LogP) is 1.82. The quantitative estimate of drug-likeness (QED) is 0.629. The van der Waals surface area contributed by atoms with Gasteiger partial charge in [-0.1, -0.05) is 30.3 Å². The second-order valence-electron chi connectivity index (χ2n) is 7.00. The van der Waals surface area contributed by atoms with Crippen LogP contribution in [0.15, 0.2) is 48.8 Å². The van der Waals surface area contributed by atoms with Gasteiger partial charge in [0.15, 0.2) is 0 Å². The van der Waals surface area contributed by atoms with Crippen molar-refractivity contribution in [3.05, 3.63) is 71.3 Å². The van der Waals surface area contributed by atoms with Crippen LogP contribution in [0.4, 0.5) is 0 Å². The molecule has 152 valence electrons. The predicted molar refractivity (Wildman–Crippen MR) is 107 cm³/mol. The van der Waals surface area contributed by atoms with Gasteiger partial charge in [0, 0.05) is 26.0 Å². The molecule has 3 aromatic rings. The summed E-state index contributed by atoms with van der Waals surface area (Å²) in [5.41, 5.74) is 3.65. The number of hydrogen-bond donors (Lipinski definition) is 1. The third-order valence-corrected chi connectivity index (χ3v) is 4.90. The van der Waals surface area contributed by atoms with E-state index in [1.165, 1.54) is 11.1 Å². The van der Waals surface area contributed by atoms with Gasteiger partial charge in [-0.3, -0.25) is 14.2 Å². The summed E-state index contributed by atoms with van der Waals surface area (Å²) in [6.07, 6.45) is 4.43. The van der Waals surface area contributed by atoms with Crippen molar-refractivity contribution >= 4 is 5.91 Å². The maximum Gasteiger partial charge on any atom is 0.271 e. The Morgan fingerprint density at radius 3 is 2.93 bits per heavy atom. The van der Waals surface area contributed by atoms with E-state index in [4.69, 9.17) is 14.6 Å². The van der Waals surface area contributed by atoms with Crippen molar-refractivity contribution in [3.8, 4) is 0 Å². The van der Waals surface area contributed by atoms with Crippen molar-refractivity contribution in [2.75, 3.05) is 26.9 Å². The number of fused-ring (bicyclic) bond motifs is 1. The van der Waals surface area contributed by atoms with Gasteiger partial charge in [-0.25, -0.2) is 0 Å². The Kier molecular flexibility index (Phi) is 6.02. The van der Waals surface area contributed by atoms with Gasteiger partial charge in [-0.05, 0) is 23.6 Å². The van der Waals surface area contributed by atoms with Crippen LogP contribution < -0.4 is 5.32 Å². The fourth-order valence-corrected chi connectivity index (χ4v) is 3.41. The number of nitrogens with one attached hydrogen (secondary N) is 1. The number of methoxy groups -OCH3 is 1. The van der Waals surface area contributed by atoms with Gasteiger partial charge >= 0.3 is 0 Å². The zero-order valence-corrected chi connectivity index (χ0v) is 16.5. The lowest BCUT2D eigenvalue weighted by Gasteiger charge is -2.22. The number of nitrogens with zero attached hydrogens (tertiary/aromatic N) is 4. The van der Waals surface area contributed by atoms with Crippen molar-refractivity contribution in [2.24, 2.45) is 0 Å². The highest BCUT2D eigenvalue weighted by Crippen LogP contribution is 2.25. The summed E-state index contributed by atoms with van der Waals surface area (Å²) in [6, 6.07) is 11.9. The first-order chi connectivity index (χ1) is 14.2. The van der Waals surface area contributed by atoms with E-state index >= 15 is 0 Å². The van der Waals surface area contributed by atoms with E-state index in [1.54, 1.807) is 24.1 Å². The molecule has 2 aromatic heterocycles. The van der Waals surface area contributed by atoms with Crippen molar-refractivity contribution in [1.29, 1.82) is 0 Å². The number of carbonyl (C=O) groups is 1. The average Bonchev–Trinajstić information content (AvgIpc) is 3.38. The number of amides is 1. The smallest absolute Gasteiger partial charge is 0.271 e. The second kappa shape index (κ2) is 9.02. The molecular formula is C21H25N5O3. The lowest BCUT2D eigenvalue weighted by atomic mass is 10.1. The molecule has 1 amide bonds. The largest absolute Gasteiger partial charge is 0.383 e. The van der Waals surface area contributed by atoms with Gasteiger partial charge in [-0.2, -0.15) is 10.2 Å². The number of rotatable bonds is 8. The Morgan fingerprint density at radius 1 is 1.24 bits per heavy atom. The lowest BCUT2D eigenvalue weighted by Crippen LogP contribution is -2.32. The molecular weight excluding hydrogens is 370 g/mol. The summed E-state index contributed by atoms with van der Waals surface area (Å²) in [5.74, 6) is -0.222. The lowest BCUT2D eigenvalue weighted by molar-refractivity contribution is 0.0382. The molecule has 1 N–H and O–H groups in total. The maximum absolute atomic E-state index is 12.4. The van der Waals surface area contributed by atoms with Crippen molar-refractivity contribution in [1.82, 2.24) is 24.9 Å². The highest BCUT2D eigenvalue weighted by atomic mass is 16.5. The Bertz CT molecular complexity index is 950. The Balaban J connectivity index is 1.38. The molecule has 0 aliphatic carbocycles. The number of benzene rings is 1. The van der Waals surface area contributed by atoms with Crippen molar-refractivity contribution in [3.63, 3.8) is 0 Å². The van der Waals surface area contributed by atoms with Crippen LogP contribution in [-0.4, -0.2) is 52.3 Å². The molecule has 0 bridgehead atoms. The second-order valence-corrected chi connectivity index (χ2v) is 7.00. The molecule has 0 radical (unpaired) electrons. The SMILES string of the molecule is COCCn1ccc(C(=O)NC[C@@H]2OCCc3cn(Cc4ccccc4)nc32)n1. The summed E-state index contributed by atoms with van der Waals surface area (Å²) in [5, 5.41) is 11.9. The highest BCUT2D eigenvalue weighted by Gasteiger charge is 2.25.